The Hall–Kier alpha value is -1.55. The molecule has 4 heteroatoms. The van der Waals surface area contributed by atoms with Crippen LogP contribution in [0.15, 0.2) is 27.4 Å². The zero-order valence-electron chi connectivity index (χ0n) is 8.62. The molecule has 1 unspecified atom stereocenters. The third kappa shape index (κ3) is 1.94. The lowest BCUT2D eigenvalue weighted by molar-refractivity contribution is 0.553. The first kappa shape index (κ1) is 9.98. The summed E-state index contributed by atoms with van der Waals surface area (Å²) in [5, 5.41) is 0. The van der Waals surface area contributed by atoms with Gasteiger partial charge < -0.3 is 10.2 Å². The fraction of sp³-hybridized carbons (Fsp3) is 0.364. The van der Waals surface area contributed by atoms with Crippen LogP contribution in [-0.2, 0) is 0 Å². The highest BCUT2D eigenvalue weighted by atomic mass is 16.4. The normalized spacial score (nSPS) is 13.2. The molecule has 2 aromatic rings. The molecule has 0 aliphatic heterocycles. The minimum absolute atomic E-state index is 0.0135. The van der Waals surface area contributed by atoms with Gasteiger partial charge in [-0.3, -0.25) is 4.98 Å². The maximum absolute atomic E-state index is 10.9. The molecule has 0 aliphatic carbocycles. The fourth-order valence-corrected chi connectivity index (χ4v) is 1.67. The molecule has 1 heterocycles. The number of H-pyrrole nitrogens is 1. The van der Waals surface area contributed by atoms with Crippen molar-refractivity contribution in [3.8, 4) is 0 Å². The molecular weight excluding hydrogens is 192 g/mol. The van der Waals surface area contributed by atoms with Gasteiger partial charge in [0.25, 0.3) is 0 Å². The Bertz CT molecular complexity index is 513. The number of rotatable bonds is 3. The topological polar surface area (TPSA) is 72.0 Å². The average molecular weight is 206 g/mol. The predicted molar refractivity (Wildman–Crippen MR) is 58.7 cm³/mol. The maximum atomic E-state index is 10.9. The number of oxazole rings is 1. The van der Waals surface area contributed by atoms with Crippen LogP contribution in [0.1, 0.15) is 31.4 Å². The van der Waals surface area contributed by atoms with Crippen molar-refractivity contribution in [2.24, 2.45) is 5.73 Å². The van der Waals surface area contributed by atoms with Crippen molar-refractivity contribution >= 4 is 11.1 Å². The Balaban J connectivity index is 2.41. The van der Waals surface area contributed by atoms with Crippen molar-refractivity contribution in [2.75, 3.05) is 0 Å². The number of aromatic nitrogens is 1. The summed E-state index contributed by atoms with van der Waals surface area (Å²) in [5.41, 5.74) is 8.27. The summed E-state index contributed by atoms with van der Waals surface area (Å²) < 4.78 is 4.97. The van der Waals surface area contributed by atoms with Gasteiger partial charge >= 0.3 is 5.76 Å². The Morgan fingerprint density at radius 3 is 3.07 bits per heavy atom. The lowest BCUT2D eigenvalue weighted by Crippen LogP contribution is -2.09. The SMILES string of the molecule is CCCC(N)c1ccc2[nH]c(=O)oc2c1. The highest BCUT2D eigenvalue weighted by Crippen LogP contribution is 2.19. The summed E-state index contributed by atoms with van der Waals surface area (Å²) in [4.78, 5) is 13.5. The van der Waals surface area contributed by atoms with Gasteiger partial charge in [-0.15, -0.1) is 0 Å². The van der Waals surface area contributed by atoms with Crippen molar-refractivity contribution in [1.29, 1.82) is 0 Å². The first-order valence-electron chi connectivity index (χ1n) is 5.09. The van der Waals surface area contributed by atoms with E-state index in [1.807, 2.05) is 18.2 Å². The molecule has 3 N–H and O–H groups in total. The first-order valence-corrected chi connectivity index (χ1v) is 5.09. The van der Waals surface area contributed by atoms with Crippen LogP contribution >= 0.6 is 0 Å². The van der Waals surface area contributed by atoms with E-state index in [0.717, 1.165) is 18.4 Å². The third-order valence-corrected chi connectivity index (χ3v) is 2.47. The number of hydrogen-bond donors (Lipinski definition) is 2. The lowest BCUT2D eigenvalue weighted by atomic mass is 10.0. The van der Waals surface area contributed by atoms with Crippen LogP contribution in [0, 0.1) is 0 Å². The van der Waals surface area contributed by atoms with Crippen molar-refractivity contribution in [1.82, 2.24) is 4.98 Å². The van der Waals surface area contributed by atoms with E-state index in [2.05, 4.69) is 11.9 Å². The molecule has 2 rings (SSSR count). The van der Waals surface area contributed by atoms with Crippen LogP contribution in [0.5, 0.6) is 0 Å². The minimum atomic E-state index is -0.425. The van der Waals surface area contributed by atoms with Gasteiger partial charge in [-0.05, 0) is 24.1 Å². The minimum Gasteiger partial charge on any atom is -0.408 e. The zero-order chi connectivity index (χ0) is 10.8. The van der Waals surface area contributed by atoms with Crippen LogP contribution in [-0.4, -0.2) is 4.98 Å². The zero-order valence-corrected chi connectivity index (χ0v) is 8.62. The number of aromatic amines is 1. The Labute approximate surface area is 87.1 Å². The highest BCUT2D eigenvalue weighted by molar-refractivity contribution is 5.72. The van der Waals surface area contributed by atoms with E-state index >= 15 is 0 Å². The number of nitrogens with two attached hydrogens (primary N) is 1. The van der Waals surface area contributed by atoms with Gasteiger partial charge in [0, 0.05) is 6.04 Å². The molecule has 0 aliphatic rings. The first-order chi connectivity index (χ1) is 7.20. The van der Waals surface area contributed by atoms with Gasteiger partial charge in [-0.2, -0.15) is 0 Å². The second-order valence-electron chi connectivity index (χ2n) is 3.67. The van der Waals surface area contributed by atoms with Crippen LogP contribution in [0.2, 0.25) is 0 Å². The van der Waals surface area contributed by atoms with Crippen LogP contribution in [0.4, 0.5) is 0 Å². The Morgan fingerprint density at radius 1 is 1.53 bits per heavy atom. The van der Waals surface area contributed by atoms with Gasteiger partial charge in [0.15, 0.2) is 5.58 Å². The summed E-state index contributed by atoms with van der Waals surface area (Å²) in [7, 11) is 0. The van der Waals surface area contributed by atoms with Crippen LogP contribution in [0.25, 0.3) is 11.1 Å². The smallest absolute Gasteiger partial charge is 0.408 e. The molecule has 0 radical (unpaired) electrons. The van der Waals surface area contributed by atoms with Crippen molar-refractivity contribution in [3.05, 3.63) is 34.3 Å². The van der Waals surface area contributed by atoms with Gasteiger partial charge in [-0.1, -0.05) is 19.4 Å². The second kappa shape index (κ2) is 3.90. The van der Waals surface area contributed by atoms with E-state index in [9.17, 15) is 4.79 Å². The molecule has 4 nitrogen and oxygen atoms in total. The molecule has 0 amide bonds. The van der Waals surface area contributed by atoms with Crippen LogP contribution < -0.4 is 11.5 Å². The van der Waals surface area contributed by atoms with E-state index < -0.39 is 5.76 Å². The monoisotopic (exact) mass is 206 g/mol. The van der Waals surface area contributed by atoms with Crippen LogP contribution in [0.3, 0.4) is 0 Å². The molecule has 0 bridgehead atoms. The van der Waals surface area contributed by atoms with Gasteiger partial charge in [0.2, 0.25) is 0 Å². The molecule has 80 valence electrons. The maximum Gasteiger partial charge on any atom is 0.417 e. The predicted octanol–water partition coefficient (Wildman–Crippen LogP) is 1.92. The molecule has 15 heavy (non-hydrogen) atoms. The van der Waals surface area contributed by atoms with E-state index in [1.165, 1.54) is 0 Å². The quantitative estimate of drug-likeness (QED) is 0.805. The molecule has 0 fully saturated rings. The van der Waals surface area contributed by atoms with E-state index in [0.29, 0.717) is 11.1 Å². The second-order valence-corrected chi connectivity index (χ2v) is 3.67. The van der Waals surface area contributed by atoms with Crippen molar-refractivity contribution in [3.63, 3.8) is 0 Å². The highest BCUT2D eigenvalue weighted by Gasteiger charge is 2.07. The van der Waals surface area contributed by atoms with Crippen molar-refractivity contribution in [2.45, 2.75) is 25.8 Å². The summed E-state index contributed by atoms with van der Waals surface area (Å²) in [6.07, 6.45) is 1.97. The molecule has 1 aromatic carbocycles. The number of fused-ring (bicyclic) bond motifs is 1. The van der Waals surface area contributed by atoms with Gasteiger partial charge in [0.05, 0.1) is 5.52 Å². The molecule has 0 saturated carbocycles. The lowest BCUT2D eigenvalue weighted by Gasteiger charge is -2.09. The standard InChI is InChI=1S/C11H14N2O2/c1-2-3-8(12)7-4-5-9-10(6-7)15-11(14)13-9/h4-6,8H,2-3,12H2,1H3,(H,13,14). The fourth-order valence-electron chi connectivity index (χ4n) is 1.67. The van der Waals surface area contributed by atoms with Gasteiger partial charge in [-0.25, -0.2) is 4.79 Å². The third-order valence-electron chi connectivity index (χ3n) is 2.47. The molecule has 0 saturated heterocycles. The van der Waals surface area contributed by atoms with Crippen molar-refractivity contribution < 1.29 is 4.42 Å². The summed E-state index contributed by atoms with van der Waals surface area (Å²) in [6, 6.07) is 5.59. The molecule has 0 spiro atoms. The molecular formula is C11H14N2O2. The Morgan fingerprint density at radius 2 is 2.33 bits per heavy atom. The summed E-state index contributed by atoms with van der Waals surface area (Å²) >= 11 is 0. The largest absolute Gasteiger partial charge is 0.417 e. The molecule has 1 atom stereocenters. The van der Waals surface area contributed by atoms with E-state index in [4.69, 9.17) is 10.2 Å². The number of hydrogen-bond acceptors (Lipinski definition) is 3. The average Bonchev–Trinajstić information content (AvgIpc) is 2.57. The summed E-state index contributed by atoms with van der Waals surface area (Å²) in [6.45, 7) is 2.09. The summed E-state index contributed by atoms with van der Waals surface area (Å²) in [5.74, 6) is -0.425. The van der Waals surface area contributed by atoms with E-state index in [1.54, 1.807) is 0 Å². The number of nitrogens with one attached hydrogen (secondary N) is 1. The Kier molecular flexibility index (Phi) is 2.60. The van der Waals surface area contributed by atoms with Gasteiger partial charge in [0.1, 0.15) is 0 Å². The number of benzene rings is 1. The molecule has 1 aromatic heterocycles. The van der Waals surface area contributed by atoms with E-state index in [-0.39, 0.29) is 6.04 Å².